The molecule has 0 fully saturated rings. The predicted octanol–water partition coefficient (Wildman–Crippen LogP) is 5.27. The Hall–Kier alpha value is -2.54. The summed E-state index contributed by atoms with van der Waals surface area (Å²) in [5.41, 5.74) is -1.86. The highest BCUT2D eigenvalue weighted by atomic mass is 35.5. The summed E-state index contributed by atoms with van der Waals surface area (Å²) in [5, 5.41) is 5.31. The number of carbonyl (C=O) groups excluding carboxylic acids is 2. The van der Waals surface area contributed by atoms with E-state index in [1.807, 2.05) is 0 Å². The number of aryl methyl sites for hydroxylation is 1. The minimum absolute atomic E-state index is 0.404. The number of hydrogen-bond acceptors (Lipinski definition) is 2. The van der Waals surface area contributed by atoms with Crippen LogP contribution in [0.15, 0.2) is 42.5 Å². The van der Waals surface area contributed by atoms with Crippen molar-refractivity contribution in [1.29, 1.82) is 0 Å². The second-order valence-electron chi connectivity index (χ2n) is 6.54. The Bertz CT molecular complexity index is 879. The van der Waals surface area contributed by atoms with Gasteiger partial charge in [0.25, 0.3) is 0 Å². The summed E-state index contributed by atoms with van der Waals surface area (Å²) in [6.45, 7) is 4.40. The molecular weight excluding hydrogens is 381 g/mol. The van der Waals surface area contributed by atoms with Crippen molar-refractivity contribution in [2.45, 2.75) is 26.9 Å². The number of halogens is 4. The zero-order valence-corrected chi connectivity index (χ0v) is 15.6. The fourth-order valence-corrected chi connectivity index (χ4v) is 2.49. The van der Waals surface area contributed by atoms with Crippen LogP contribution in [0.2, 0.25) is 5.02 Å². The van der Waals surface area contributed by atoms with Crippen LogP contribution in [-0.2, 0) is 15.8 Å². The van der Waals surface area contributed by atoms with Crippen molar-refractivity contribution < 1.29 is 22.8 Å². The molecule has 4 nitrogen and oxygen atoms in total. The van der Waals surface area contributed by atoms with E-state index in [4.69, 9.17) is 11.6 Å². The van der Waals surface area contributed by atoms with Crippen molar-refractivity contribution in [3.63, 3.8) is 0 Å². The number of para-hydroxylation sites is 1. The third kappa shape index (κ3) is 4.80. The maximum absolute atomic E-state index is 13.1. The van der Waals surface area contributed by atoms with Crippen molar-refractivity contribution in [3.8, 4) is 0 Å². The van der Waals surface area contributed by atoms with Crippen LogP contribution in [0, 0.1) is 12.3 Å². The van der Waals surface area contributed by atoms with E-state index in [-0.39, 0.29) is 0 Å². The fourth-order valence-electron chi connectivity index (χ4n) is 2.27. The molecule has 2 amide bonds. The van der Waals surface area contributed by atoms with Crippen LogP contribution in [0.1, 0.15) is 25.0 Å². The van der Waals surface area contributed by atoms with Crippen LogP contribution in [0.4, 0.5) is 24.5 Å². The molecule has 2 N–H and O–H groups in total. The Morgan fingerprint density at radius 2 is 1.48 bits per heavy atom. The zero-order valence-electron chi connectivity index (χ0n) is 14.9. The summed E-state index contributed by atoms with van der Waals surface area (Å²) in [7, 11) is 0. The second-order valence-corrected chi connectivity index (χ2v) is 6.97. The van der Waals surface area contributed by atoms with Gasteiger partial charge in [-0.25, -0.2) is 0 Å². The van der Waals surface area contributed by atoms with Crippen LogP contribution in [0.3, 0.4) is 0 Å². The van der Waals surface area contributed by atoms with E-state index in [1.54, 1.807) is 25.1 Å². The Morgan fingerprint density at radius 1 is 0.926 bits per heavy atom. The number of anilines is 2. The first kappa shape index (κ1) is 20.8. The van der Waals surface area contributed by atoms with Crippen molar-refractivity contribution in [1.82, 2.24) is 0 Å². The molecule has 2 rings (SSSR count). The summed E-state index contributed by atoms with van der Waals surface area (Å²) < 4.78 is 39.2. The maximum Gasteiger partial charge on any atom is 0.418 e. The smallest absolute Gasteiger partial charge is 0.325 e. The van der Waals surface area contributed by atoms with Gasteiger partial charge in [-0.15, -0.1) is 0 Å². The molecule has 8 heteroatoms. The molecule has 0 aliphatic carbocycles. The van der Waals surface area contributed by atoms with Crippen molar-refractivity contribution >= 4 is 34.8 Å². The Balaban J connectivity index is 2.21. The summed E-state index contributed by atoms with van der Waals surface area (Å²) in [4.78, 5) is 25.1. The number of nitrogens with one attached hydrogen (secondary N) is 2. The molecular formula is C19H18ClF3N2O2. The molecule has 0 aliphatic rings. The quantitative estimate of drug-likeness (QED) is 0.689. The standard InChI is InChI=1S/C19H18ClF3N2O2/c1-11-10-12(20)8-9-14(11)24-16(26)18(2,3)17(27)25-15-7-5-4-6-13(15)19(21,22)23/h4-10H,1-3H3,(H,24,26)(H,25,27). The highest BCUT2D eigenvalue weighted by molar-refractivity contribution is 6.30. The maximum atomic E-state index is 13.1. The average molecular weight is 399 g/mol. The van der Waals surface area contributed by atoms with Crippen LogP contribution < -0.4 is 10.6 Å². The predicted molar refractivity (Wildman–Crippen MR) is 98.7 cm³/mol. The SMILES string of the molecule is Cc1cc(Cl)ccc1NC(=O)C(C)(C)C(=O)Nc1ccccc1C(F)(F)F. The molecule has 0 spiro atoms. The van der Waals surface area contributed by atoms with Gasteiger partial charge in [0.05, 0.1) is 11.3 Å². The molecule has 144 valence electrons. The number of rotatable bonds is 4. The van der Waals surface area contributed by atoms with Gasteiger partial charge in [-0.1, -0.05) is 23.7 Å². The first-order valence-electron chi connectivity index (χ1n) is 7.98. The van der Waals surface area contributed by atoms with E-state index in [2.05, 4.69) is 10.6 Å². The molecule has 0 radical (unpaired) electrons. The van der Waals surface area contributed by atoms with E-state index in [1.165, 1.54) is 26.0 Å². The van der Waals surface area contributed by atoms with Gasteiger partial charge < -0.3 is 10.6 Å². The third-order valence-electron chi connectivity index (χ3n) is 4.05. The largest absolute Gasteiger partial charge is 0.418 e. The molecule has 0 aliphatic heterocycles. The molecule has 0 saturated carbocycles. The number of hydrogen-bond donors (Lipinski definition) is 2. The summed E-state index contributed by atoms with van der Waals surface area (Å²) in [6, 6.07) is 9.40. The molecule has 0 unspecified atom stereocenters. The van der Waals surface area contributed by atoms with E-state index >= 15 is 0 Å². The van der Waals surface area contributed by atoms with Gasteiger partial charge in [-0.05, 0) is 56.7 Å². The average Bonchev–Trinajstić information content (AvgIpc) is 2.56. The minimum Gasteiger partial charge on any atom is -0.325 e. The van der Waals surface area contributed by atoms with Gasteiger partial charge >= 0.3 is 6.18 Å². The van der Waals surface area contributed by atoms with Crippen LogP contribution in [0.25, 0.3) is 0 Å². The lowest BCUT2D eigenvalue weighted by Crippen LogP contribution is -2.42. The molecule has 0 heterocycles. The molecule has 0 atom stereocenters. The molecule has 27 heavy (non-hydrogen) atoms. The van der Waals surface area contributed by atoms with E-state index in [0.717, 1.165) is 12.1 Å². The van der Waals surface area contributed by atoms with Gasteiger partial charge in [-0.2, -0.15) is 13.2 Å². The van der Waals surface area contributed by atoms with Crippen molar-refractivity contribution in [2.75, 3.05) is 10.6 Å². The van der Waals surface area contributed by atoms with Crippen LogP contribution >= 0.6 is 11.6 Å². The number of alkyl halides is 3. The molecule has 0 bridgehead atoms. The second kappa shape index (κ2) is 7.60. The van der Waals surface area contributed by atoms with Gasteiger partial charge in [-0.3, -0.25) is 9.59 Å². The fraction of sp³-hybridized carbons (Fsp3) is 0.263. The molecule has 0 aromatic heterocycles. The lowest BCUT2D eigenvalue weighted by Gasteiger charge is -2.24. The zero-order chi connectivity index (χ0) is 20.4. The Kier molecular flexibility index (Phi) is 5.85. The third-order valence-corrected chi connectivity index (χ3v) is 4.29. The van der Waals surface area contributed by atoms with E-state index in [0.29, 0.717) is 16.3 Å². The summed E-state index contributed by atoms with van der Waals surface area (Å²) in [5.74, 6) is -1.52. The molecule has 2 aromatic carbocycles. The lowest BCUT2D eigenvalue weighted by molar-refractivity contribution is -0.137. The minimum atomic E-state index is -4.63. The topological polar surface area (TPSA) is 58.2 Å². The molecule has 0 saturated heterocycles. The number of amides is 2. The molecule has 2 aromatic rings. The highest BCUT2D eigenvalue weighted by Gasteiger charge is 2.39. The number of carbonyl (C=O) groups is 2. The van der Waals surface area contributed by atoms with Gasteiger partial charge in [0.2, 0.25) is 11.8 Å². The van der Waals surface area contributed by atoms with Gasteiger partial charge in [0.1, 0.15) is 5.41 Å². The first-order chi connectivity index (χ1) is 12.4. The summed E-state index contributed by atoms with van der Waals surface area (Å²) >= 11 is 5.87. The van der Waals surface area contributed by atoms with Gasteiger partial charge in [0, 0.05) is 10.7 Å². The Labute approximate surface area is 159 Å². The highest BCUT2D eigenvalue weighted by Crippen LogP contribution is 2.35. The lowest BCUT2D eigenvalue weighted by atomic mass is 9.90. The van der Waals surface area contributed by atoms with Gasteiger partial charge in [0.15, 0.2) is 0 Å². The van der Waals surface area contributed by atoms with E-state index in [9.17, 15) is 22.8 Å². The van der Waals surface area contributed by atoms with Crippen LogP contribution in [-0.4, -0.2) is 11.8 Å². The van der Waals surface area contributed by atoms with Crippen LogP contribution in [0.5, 0.6) is 0 Å². The summed E-state index contributed by atoms with van der Waals surface area (Å²) in [6.07, 6.45) is -4.63. The monoisotopic (exact) mass is 398 g/mol. The first-order valence-corrected chi connectivity index (χ1v) is 8.36. The number of benzene rings is 2. The van der Waals surface area contributed by atoms with E-state index < -0.39 is 34.7 Å². The Morgan fingerprint density at radius 3 is 2.04 bits per heavy atom. The van der Waals surface area contributed by atoms with Crippen molar-refractivity contribution in [3.05, 3.63) is 58.6 Å². The normalized spacial score (nSPS) is 11.8. The van der Waals surface area contributed by atoms with Crippen molar-refractivity contribution in [2.24, 2.45) is 5.41 Å².